The van der Waals surface area contributed by atoms with Gasteiger partial charge in [-0.25, -0.2) is 5.48 Å². The molecule has 0 aliphatic heterocycles. The standard InChI is InChI=1S/C24H27N3O4/c1-18(28)31-15-14-27(13-12-21-16-25-23-5-3-2-4-22(21)23)17-20-8-6-19(7-9-20)10-11-24(29)26-30/h2-11,16,25,30H,12-15,17H2,1H3,(H,26,29)/b11-10+. The highest BCUT2D eigenvalue weighted by Crippen LogP contribution is 2.19. The molecule has 0 fully saturated rings. The van der Waals surface area contributed by atoms with Crippen LogP contribution in [0.25, 0.3) is 17.0 Å². The largest absolute Gasteiger partial charge is 0.465 e. The summed E-state index contributed by atoms with van der Waals surface area (Å²) < 4.78 is 5.15. The zero-order valence-corrected chi connectivity index (χ0v) is 17.5. The van der Waals surface area contributed by atoms with E-state index < -0.39 is 5.91 Å². The third kappa shape index (κ3) is 6.80. The molecule has 1 heterocycles. The minimum Gasteiger partial charge on any atom is -0.465 e. The molecule has 1 aromatic heterocycles. The summed E-state index contributed by atoms with van der Waals surface area (Å²) in [5, 5.41) is 9.78. The molecule has 0 aliphatic carbocycles. The number of amides is 1. The molecule has 7 heteroatoms. The first-order chi connectivity index (χ1) is 15.0. The lowest BCUT2D eigenvalue weighted by atomic mass is 10.1. The van der Waals surface area contributed by atoms with Crippen molar-refractivity contribution < 1.29 is 19.5 Å². The SMILES string of the molecule is CC(=O)OCCN(CCc1c[nH]c2ccccc12)Cc1ccc(/C=C/C(=O)NO)cc1. The van der Waals surface area contributed by atoms with Crippen LogP contribution in [0.5, 0.6) is 0 Å². The number of aromatic nitrogens is 1. The zero-order chi connectivity index (χ0) is 22.1. The first-order valence-electron chi connectivity index (χ1n) is 10.2. The quantitative estimate of drug-likeness (QED) is 0.202. The molecule has 0 saturated heterocycles. The normalized spacial score (nSPS) is 11.3. The average Bonchev–Trinajstić information content (AvgIpc) is 3.19. The average molecular weight is 421 g/mol. The van der Waals surface area contributed by atoms with Crippen molar-refractivity contribution in [2.45, 2.75) is 19.9 Å². The van der Waals surface area contributed by atoms with E-state index in [2.05, 4.69) is 28.2 Å². The Balaban J connectivity index is 1.64. The molecule has 31 heavy (non-hydrogen) atoms. The molecule has 3 N–H and O–H groups in total. The topological polar surface area (TPSA) is 94.7 Å². The minimum absolute atomic E-state index is 0.278. The van der Waals surface area contributed by atoms with Crippen LogP contribution in [-0.2, 0) is 27.3 Å². The Kier molecular flexibility index (Phi) is 7.98. The van der Waals surface area contributed by atoms with Gasteiger partial charge < -0.3 is 9.72 Å². The van der Waals surface area contributed by atoms with Crippen LogP contribution in [0.1, 0.15) is 23.6 Å². The van der Waals surface area contributed by atoms with Gasteiger partial charge in [0.25, 0.3) is 5.91 Å². The fourth-order valence-corrected chi connectivity index (χ4v) is 3.41. The molecule has 3 aromatic rings. The Hall–Kier alpha value is -3.42. The first-order valence-corrected chi connectivity index (χ1v) is 10.2. The zero-order valence-electron chi connectivity index (χ0n) is 17.5. The van der Waals surface area contributed by atoms with Crippen molar-refractivity contribution in [2.75, 3.05) is 19.7 Å². The number of fused-ring (bicyclic) bond motifs is 1. The van der Waals surface area contributed by atoms with E-state index >= 15 is 0 Å². The molecule has 0 bridgehead atoms. The van der Waals surface area contributed by atoms with E-state index in [-0.39, 0.29) is 5.97 Å². The van der Waals surface area contributed by atoms with Gasteiger partial charge in [-0.3, -0.25) is 19.7 Å². The minimum atomic E-state index is -0.571. The number of esters is 1. The summed E-state index contributed by atoms with van der Waals surface area (Å²) in [7, 11) is 0. The summed E-state index contributed by atoms with van der Waals surface area (Å²) in [5.74, 6) is -0.849. The number of carbonyl (C=O) groups is 2. The van der Waals surface area contributed by atoms with Crippen molar-refractivity contribution >= 4 is 28.9 Å². The number of hydroxylamine groups is 1. The number of aromatic amines is 1. The van der Waals surface area contributed by atoms with Gasteiger partial charge in [0.15, 0.2) is 0 Å². The van der Waals surface area contributed by atoms with Gasteiger partial charge in [0.1, 0.15) is 6.61 Å². The van der Waals surface area contributed by atoms with Crippen LogP contribution in [0, 0.1) is 0 Å². The molecule has 0 spiro atoms. The van der Waals surface area contributed by atoms with Crippen molar-refractivity contribution in [2.24, 2.45) is 0 Å². The van der Waals surface area contributed by atoms with E-state index in [1.165, 1.54) is 23.9 Å². The molecule has 0 unspecified atom stereocenters. The number of ether oxygens (including phenoxy) is 1. The summed E-state index contributed by atoms with van der Waals surface area (Å²) in [6, 6.07) is 16.1. The summed E-state index contributed by atoms with van der Waals surface area (Å²) in [4.78, 5) is 27.8. The molecule has 1 amide bonds. The highest BCUT2D eigenvalue weighted by atomic mass is 16.5. The lowest BCUT2D eigenvalue weighted by Gasteiger charge is -2.22. The Bertz CT molecular complexity index is 1040. The second kappa shape index (κ2) is 11.1. The van der Waals surface area contributed by atoms with Crippen LogP contribution in [0.4, 0.5) is 0 Å². The predicted molar refractivity (Wildman–Crippen MR) is 119 cm³/mol. The van der Waals surface area contributed by atoms with Gasteiger partial charge in [-0.15, -0.1) is 0 Å². The molecular weight excluding hydrogens is 394 g/mol. The number of carbonyl (C=O) groups excluding carboxylic acids is 2. The fraction of sp³-hybridized carbons (Fsp3) is 0.250. The number of nitrogens with one attached hydrogen (secondary N) is 2. The maximum absolute atomic E-state index is 11.1. The van der Waals surface area contributed by atoms with Crippen molar-refractivity contribution in [1.29, 1.82) is 0 Å². The van der Waals surface area contributed by atoms with Crippen LogP contribution in [0.3, 0.4) is 0 Å². The summed E-state index contributed by atoms with van der Waals surface area (Å²) in [5.41, 5.74) is 5.93. The smallest absolute Gasteiger partial charge is 0.302 e. The van der Waals surface area contributed by atoms with Crippen LogP contribution in [-0.4, -0.2) is 46.7 Å². The number of rotatable bonds is 10. The van der Waals surface area contributed by atoms with Gasteiger partial charge in [-0.1, -0.05) is 42.5 Å². The second-order valence-electron chi connectivity index (χ2n) is 7.28. The van der Waals surface area contributed by atoms with Crippen molar-refractivity contribution in [3.05, 3.63) is 77.5 Å². The van der Waals surface area contributed by atoms with Crippen molar-refractivity contribution in [3.63, 3.8) is 0 Å². The molecule has 0 saturated carbocycles. The van der Waals surface area contributed by atoms with Gasteiger partial charge >= 0.3 is 5.97 Å². The summed E-state index contributed by atoms with van der Waals surface area (Å²) >= 11 is 0. The molecule has 7 nitrogen and oxygen atoms in total. The van der Waals surface area contributed by atoms with E-state index in [4.69, 9.17) is 9.94 Å². The maximum Gasteiger partial charge on any atom is 0.302 e. The van der Waals surface area contributed by atoms with Crippen LogP contribution in [0.2, 0.25) is 0 Å². The number of benzene rings is 2. The monoisotopic (exact) mass is 421 g/mol. The fourth-order valence-electron chi connectivity index (χ4n) is 3.41. The highest BCUT2D eigenvalue weighted by molar-refractivity contribution is 5.90. The van der Waals surface area contributed by atoms with E-state index in [0.29, 0.717) is 19.7 Å². The van der Waals surface area contributed by atoms with Crippen LogP contribution < -0.4 is 5.48 Å². The van der Waals surface area contributed by atoms with Crippen LogP contribution in [0.15, 0.2) is 60.8 Å². The Morgan fingerprint density at radius 1 is 1.13 bits per heavy atom. The molecule has 0 atom stereocenters. The summed E-state index contributed by atoms with van der Waals surface area (Å²) in [6.07, 6.45) is 5.83. The van der Waals surface area contributed by atoms with Gasteiger partial charge in [-0.2, -0.15) is 0 Å². The maximum atomic E-state index is 11.1. The van der Waals surface area contributed by atoms with E-state index in [0.717, 1.165) is 29.6 Å². The third-order valence-electron chi connectivity index (χ3n) is 5.01. The predicted octanol–water partition coefficient (Wildman–Crippen LogP) is 3.29. The van der Waals surface area contributed by atoms with Gasteiger partial charge in [0.05, 0.1) is 0 Å². The van der Waals surface area contributed by atoms with Crippen molar-refractivity contribution in [3.8, 4) is 0 Å². The second-order valence-corrected chi connectivity index (χ2v) is 7.28. The number of H-pyrrole nitrogens is 1. The molecule has 0 radical (unpaired) electrons. The Morgan fingerprint density at radius 3 is 2.65 bits per heavy atom. The highest BCUT2D eigenvalue weighted by Gasteiger charge is 2.10. The lowest BCUT2D eigenvalue weighted by molar-refractivity contribution is -0.141. The van der Waals surface area contributed by atoms with Gasteiger partial charge in [-0.05, 0) is 35.3 Å². The summed E-state index contributed by atoms with van der Waals surface area (Å²) in [6.45, 7) is 3.94. The number of nitrogens with zero attached hydrogens (tertiary/aromatic N) is 1. The van der Waals surface area contributed by atoms with Gasteiger partial charge in [0.2, 0.25) is 0 Å². The van der Waals surface area contributed by atoms with Crippen LogP contribution >= 0.6 is 0 Å². The molecule has 2 aromatic carbocycles. The third-order valence-corrected chi connectivity index (χ3v) is 5.01. The van der Waals surface area contributed by atoms with E-state index in [9.17, 15) is 9.59 Å². The number of para-hydroxylation sites is 1. The molecule has 0 aliphatic rings. The Labute approximate surface area is 181 Å². The van der Waals surface area contributed by atoms with Gasteiger partial charge in [0, 0.05) is 49.7 Å². The molecular formula is C24H27N3O4. The number of hydrogen-bond donors (Lipinski definition) is 3. The first kappa shape index (κ1) is 22.3. The van der Waals surface area contributed by atoms with Crippen molar-refractivity contribution in [1.82, 2.24) is 15.4 Å². The number of hydrogen-bond acceptors (Lipinski definition) is 5. The van der Waals surface area contributed by atoms with E-state index in [1.54, 1.807) is 11.6 Å². The molecule has 3 rings (SSSR count). The van der Waals surface area contributed by atoms with E-state index in [1.807, 2.05) is 36.4 Å². The Morgan fingerprint density at radius 2 is 1.90 bits per heavy atom. The molecule has 162 valence electrons. The lowest BCUT2D eigenvalue weighted by Crippen LogP contribution is -2.30.